The molecule has 96 valence electrons. The molecule has 0 bridgehead atoms. The van der Waals surface area contributed by atoms with Crippen LogP contribution in [-0.4, -0.2) is 39.5 Å². The molecular formula is C13H16N2O3. The minimum atomic E-state index is -0.935. The molecule has 1 saturated heterocycles. The van der Waals surface area contributed by atoms with Crippen LogP contribution in [0.3, 0.4) is 0 Å². The van der Waals surface area contributed by atoms with Crippen LogP contribution in [0.4, 0.5) is 0 Å². The van der Waals surface area contributed by atoms with Crippen molar-refractivity contribution in [3.8, 4) is 0 Å². The smallest absolute Gasteiger partial charge is 0.326 e. The number of carboxylic acid groups (broad SMARTS) is 1. The van der Waals surface area contributed by atoms with Crippen molar-refractivity contribution in [1.82, 2.24) is 9.88 Å². The number of aryl methyl sites for hydroxylation is 1. The Hall–Kier alpha value is -1.91. The molecule has 5 heteroatoms. The number of pyridine rings is 1. The molecule has 0 radical (unpaired) electrons. The monoisotopic (exact) mass is 248 g/mol. The highest BCUT2D eigenvalue weighted by atomic mass is 16.4. The van der Waals surface area contributed by atoms with Crippen LogP contribution in [-0.2, 0) is 4.79 Å². The minimum Gasteiger partial charge on any atom is -0.480 e. The fourth-order valence-electron chi connectivity index (χ4n) is 2.23. The largest absolute Gasteiger partial charge is 0.480 e. The summed E-state index contributed by atoms with van der Waals surface area (Å²) in [6.45, 7) is 2.37. The molecule has 0 saturated carbocycles. The highest BCUT2D eigenvalue weighted by molar-refractivity contribution is 5.95. The molecule has 0 aliphatic carbocycles. The average molecular weight is 248 g/mol. The molecule has 1 N–H and O–H groups in total. The Kier molecular flexibility index (Phi) is 3.60. The van der Waals surface area contributed by atoms with Crippen molar-refractivity contribution in [2.75, 3.05) is 6.54 Å². The summed E-state index contributed by atoms with van der Waals surface area (Å²) in [6.07, 6.45) is 3.79. The van der Waals surface area contributed by atoms with Crippen LogP contribution < -0.4 is 0 Å². The number of nitrogens with zero attached hydrogens (tertiary/aromatic N) is 2. The minimum absolute atomic E-state index is 0.286. The molecule has 2 rings (SSSR count). The van der Waals surface area contributed by atoms with Gasteiger partial charge in [0.2, 0.25) is 0 Å². The number of carboxylic acids is 1. The van der Waals surface area contributed by atoms with Crippen LogP contribution >= 0.6 is 0 Å². The van der Waals surface area contributed by atoms with Crippen molar-refractivity contribution in [3.05, 3.63) is 29.6 Å². The van der Waals surface area contributed by atoms with Gasteiger partial charge in [0.1, 0.15) is 11.7 Å². The predicted octanol–water partition coefficient (Wildman–Crippen LogP) is 1.47. The van der Waals surface area contributed by atoms with Crippen molar-refractivity contribution in [1.29, 1.82) is 0 Å². The zero-order valence-corrected chi connectivity index (χ0v) is 10.3. The lowest BCUT2D eigenvalue weighted by molar-refractivity contribution is -0.143. The number of amides is 1. The van der Waals surface area contributed by atoms with E-state index >= 15 is 0 Å². The Morgan fingerprint density at radius 1 is 1.44 bits per heavy atom. The van der Waals surface area contributed by atoms with Gasteiger partial charge in [-0.3, -0.25) is 9.78 Å². The van der Waals surface area contributed by atoms with Crippen molar-refractivity contribution < 1.29 is 14.7 Å². The predicted molar refractivity (Wildman–Crippen MR) is 65.3 cm³/mol. The SMILES string of the molecule is Cc1ccnc(C(=O)N2CCCCC2C(=O)O)c1. The van der Waals surface area contributed by atoms with E-state index in [0.29, 0.717) is 18.7 Å². The maximum Gasteiger partial charge on any atom is 0.326 e. The van der Waals surface area contributed by atoms with E-state index in [2.05, 4.69) is 4.98 Å². The first-order valence-corrected chi connectivity index (χ1v) is 6.06. The summed E-state index contributed by atoms with van der Waals surface area (Å²) in [6, 6.07) is 2.78. The number of rotatable bonds is 2. The van der Waals surface area contributed by atoms with Gasteiger partial charge in [0.15, 0.2) is 0 Å². The van der Waals surface area contributed by atoms with E-state index in [1.165, 1.54) is 4.90 Å². The van der Waals surface area contributed by atoms with Crippen LogP contribution in [0.1, 0.15) is 35.3 Å². The number of carbonyl (C=O) groups is 2. The van der Waals surface area contributed by atoms with E-state index in [4.69, 9.17) is 5.11 Å². The zero-order valence-electron chi connectivity index (χ0n) is 10.3. The van der Waals surface area contributed by atoms with E-state index in [1.54, 1.807) is 12.3 Å². The van der Waals surface area contributed by atoms with Gasteiger partial charge in [-0.1, -0.05) is 0 Å². The average Bonchev–Trinajstić information content (AvgIpc) is 2.38. The third-order valence-corrected chi connectivity index (χ3v) is 3.18. The van der Waals surface area contributed by atoms with Crippen molar-refractivity contribution in [3.63, 3.8) is 0 Å². The Morgan fingerprint density at radius 2 is 2.22 bits per heavy atom. The van der Waals surface area contributed by atoms with Gasteiger partial charge < -0.3 is 10.0 Å². The lowest BCUT2D eigenvalue weighted by Gasteiger charge is -2.32. The fraction of sp³-hybridized carbons (Fsp3) is 0.462. The van der Waals surface area contributed by atoms with E-state index < -0.39 is 12.0 Å². The summed E-state index contributed by atoms with van der Waals surface area (Å²) in [4.78, 5) is 28.9. The van der Waals surface area contributed by atoms with Crippen molar-refractivity contribution in [2.24, 2.45) is 0 Å². The van der Waals surface area contributed by atoms with Gasteiger partial charge in [0.05, 0.1) is 0 Å². The Labute approximate surface area is 105 Å². The Morgan fingerprint density at radius 3 is 2.89 bits per heavy atom. The summed E-state index contributed by atoms with van der Waals surface area (Å²) in [7, 11) is 0. The summed E-state index contributed by atoms with van der Waals surface area (Å²) >= 11 is 0. The fourth-order valence-corrected chi connectivity index (χ4v) is 2.23. The highest BCUT2D eigenvalue weighted by Gasteiger charge is 2.32. The molecule has 1 atom stereocenters. The number of hydrogen-bond donors (Lipinski definition) is 1. The molecule has 1 amide bonds. The van der Waals surface area contributed by atoms with Gasteiger partial charge in [0.25, 0.3) is 5.91 Å². The number of aromatic nitrogens is 1. The van der Waals surface area contributed by atoms with Gasteiger partial charge in [-0.15, -0.1) is 0 Å². The molecule has 1 fully saturated rings. The van der Waals surface area contributed by atoms with Gasteiger partial charge >= 0.3 is 5.97 Å². The Balaban J connectivity index is 2.23. The summed E-state index contributed by atoms with van der Waals surface area (Å²) in [5.74, 6) is -1.22. The first-order chi connectivity index (χ1) is 8.59. The molecule has 2 heterocycles. The van der Waals surface area contributed by atoms with E-state index in [0.717, 1.165) is 18.4 Å². The molecule has 1 unspecified atom stereocenters. The quantitative estimate of drug-likeness (QED) is 0.860. The maximum absolute atomic E-state index is 12.3. The van der Waals surface area contributed by atoms with Gasteiger partial charge in [0, 0.05) is 12.7 Å². The molecule has 5 nitrogen and oxygen atoms in total. The molecule has 1 aromatic heterocycles. The maximum atomic E-state index is 12.3. The van der Waals surface area contributed by atoms with E-state index in [9.17, 15) is 9.59 Å². The van der Waals surface area contributed by atoms with Gasteiger partial charge in [-0.2, -0.15) is 0 Å². The topological polar surface area (TPSA) is 70.5 Å². The molecule has 18 heavy (non-hydrogen) atoms. The molecule has 1 aromatic rings. The van der Waals surface area contributed by atoms with Crippen molar-refractivity contribution >= 4 is 11.9 Å². The Bertz CT molecular complexity index is 473. The van der Waals surface area contributed by atoms with Crippen LogP contribution in [0.5, 0.6) is 0 Å². The first kappa shape index (κ1) is 12.5. The molecular weight excluding hydrogens is 232 g/mol. The third kappa shape index (κ3) is 2.50. The van der Waals surface area contributed by atoms with Crippen LogP contribution in [0.15, 0.2) is 18.3 Å². The van der Waals surface area contributed by atoms with E-state index in [-0.39, 0.29) is 5.91 Å². The second-order valence-corrected chi connectivity index (χ2v) is 4.57. The summed E-state index contributed by atoms with van der Waals surface area (Å²) < 4.78 is 0. The summed E-state index contributed by atoms with van der Waals surface area (Å²) in [5, 5.41) is 9.14. The molecule has 0 spiro atoms. The number of aliphatic carboxylic acids is 1. The molecule has 1 aliphatic heterocycles. The van der Waals surface area contributed by atoms with Crippen LogP contribution in [0, 0.1) is 6.92 Å². The number of hydrogen-bond acceptors (Lipinski definition) is 3. The number of likely N-dealkylation sites (tertiary alicyclic amines) is 1. The van der Waals surface area contributed by atoms with E-state index in [1.807, 2.05) is 13.0 Å². The number of carbonyl (C=O) groups excluding carboxylic acids is 1. The lowest BCUT2D eigenvalue weighted by atomic mass is 10.0. The third-order valence-electron chi connectivity index (χ3n) is 3.18. The normalized spacial score (nSPS) is 19.6. The van der Waals surface area contributed by atoms with Crippen molar-refractivity contribution in [2.45, 2.75) is 32.2 Å². The lowest BCUT2D eigenvalue weighted by Crippen LogP contribution is -2.48. The second-order valence-electron chi connectivity index (χ2n) is 4.57. The molecule has 0 aromatic carbocycles. The zero-order chi connectivity index (χ0) is 13.1. The van der Waals surface area contributed by atoms with Gasteiger partial charge in [-0.25, -0.2) is 4.79 Å². The van der Waals surface area contributed by atoms with Crippen LogP contribution in [0.25, 0.3) is 0 Å². The van der Waals surface area contributed by atoms with Gasteiger partial charge in [-0.05, 0) is 43.9 Å². The first-order valence-electron chi connectivity index (χ1n) is 6.06. The standard InChI is InChI=1S/C13H16N2O3/c1-9-5-6-14-10(8-9)12(16)15-7-3-2-4-11(15)13(17)18/h5-6,8,11H,2-4,7H2,1H3,(H,17,18). The van der Waals surface area contributed by atoms with Crippen LogP contribution in [0.2, 0.25) is 0 Å². The number of piperidine rings is 1. The highest BCUT2D eigenvalue weighted by Crippen LogP contribution is 2.19. The molecule has 1 aliphatic rings. The summed E-state index contributed by atoms with van der Waals surface area (Å²) in [5.41, 5.74) is 1.26. The second kappa shape index (κ2) is 5.16.